The van der Waals surface area contributed by atoms with Gasteiger partial charge >= 0.3 is 55.3 Å². The average molecular weight is 1130 g/mol. The smallest absolute Gasteiger partial charge is 0.360 e. The van der Waals surface area contributed by atoms with E-state index in [9.17, 15) is 110 Å². The molecule has 2 N–H and O–H groups in total. The van der Waals surface area contributed by atoms with E-state index in [1.807, 2.05) is 71.4 Å². The van der Waals surface area contributed by atoms with Crippen molar-refractivity contribution in [1.29, 1.82) is 0 Å². The predicted octanol–water partition coefficient (Wildman–Crippen LogP) is 13.5. The highest BCUT2D eigenvalue weighted by molar-refractivity contribution is 7.20. The van der Waals surface area contributed by atoms with Gasteiger partial charge in [0, 0.05) is 11.6 Å². The Morgan fingerprint density at radius 2 is 0.623 bits per heavy atom. The highest BCUT2D eigenvalue weighted by Crippen LogP contribution is 2.41. The summed E-state index contributed by atoms with van der Waals surface area (Å²) in [6.45, 7) is 0.629. The quantitative estimate of drug-likeness (QED) is 0.0965. The van der Waals surface area contributed by atoms with Crippen LogP contribution in [0.5, 0.6) is 0 Å². The molecular formula is C49H27BF24N2O. The fourth-order valence-corrected chi connectivity index (χ4v) is 8.51. The summed E-state index contributed by atoms with van der Waals surface area (Å²) in [5.74, 6) is -0.405. The molecule has 410 valence electrons. The normalized spacial score (nSPS) is 13.4. The van der Waals surface area contributed by atoms with Gasteiger partial charge in [-0.3, -0.25) is 4.79 Å². The van der Waals surface area contributed by atoms with Crippen molar-refractivity contribution >= 4 is 44.7 Å². The number of fused-ring (bicyclic) bond motifs is 1. The first-order chi connectivity index (χ1) is 35.0. The highest BCUT2D eigenvalue weighted by Gasteiger charge is 2.47. The van der Waals surface area contributed by atoms with Crippen molar-refractivity contribution < 1.29 is 115 Å². The predicted molar refractivity (Wildman–Crippen MR) is 228 cm³/mol. The minimum Gasteiger partial charge on any atom is -0.360 e. The average Bonchev–Trinajstić information content (AvgIpc) is 3.29. The number of carbonyl (C=O) groups is 1. The summed E-state index contributed by atoms with van der Waals surface area (Å²) < 4.78 is 343. The Hall–Kier alpha value is -7.42. The van der Waals surface area contributed by atoms with Gasteiger partial charge in [-0.05, 0) is 35.7 Å². The molecule has 7 aromatic rings. The van der Waals surface area contributed by atoms with Crippen LogP contribution >= 0.6 is 0 Å². The Balaban J connectivity index is 0.000000397. The SMILES string of the molecule is FC(F)(F)c1cc([B-](c2cc(C(F)(F)F)cc(C(F)(F)F)c2)(c2cc(C(F)(F)F)cc(C(F)(F)F)c2)c2cc(C(F)(F)F)cc(C(F)(F)F)c2)cc(C(F)(F)F)c1.NC(=O)c1c2ccccc2cc[n+]1Cc1ccccc1. The Kier molecular flexibility index (Phi) is 15.4. The number of hydrogen-bond donors (Lipinski definition) is 1. The second kappa shape index (κ2) is 20.2. The third-order valence-corrected chi connectivity index (χ3v) is 11.8. The van der Waals surface area contributed by atoms with Gasteiger partial charge in [-0.25, -0.2) is 0 Å². The largest absolute Gasteiger partial charge is 0.416 e. The number of alkyl halides is 24. The summed E-state index contributed by atoms with van der Waals surface area (Å²) >= 11 is 0. The fourth-order valence-electron chi connectivity index (χ4n) is 8.51. The van der Waals surface area contributed by atoms with Gasteiger partial charge in [-0.2, -0.15) is 132 Å². The molecule has 1 amide bonds. The molecule has 0 aliphatic carbocycles. The topological polar surface area (TPSA) is 47.0 Å². The van der Waals surface area contributed by atoms with Crippen LogP contribution < -0.4 is 32.2 Å². The van der Waals surface area contributed by atoms with E-state index in [1.165, 1.54) is 0 Å². The molecule has 0 spiro atoms. The summed E-state index contributed by atoms with van der Waals surface area (Å²) in [6.07, 6.45) is -52.9. The Bertz CT molecular complexity index is 2870. The van der Waals surface area contributed by atoms with Crippen LogP contribution in [0.3, 0.4) is 0 Å². The molecule has 1 heterocycles. The highest BCUT2D eigenvalue weighted by atomic mass is 19.4. The van der Waals surface area contributed by atoms with E-state index in [0.29, 0.717) is 12.2 Å². The molecule has 3 nitrogen and oxygen atoms in total. The van der Waals surface area contributed by atoms with Crippen LogP contribution in [0.4, 0.5) is 105 Å². The Morgan fingerprint density at radius 3 is 0.883 bits per heavy atom. The van der Waals surface area contributed by atoms with Crippen LogP contribution in [0.1, 0.15) is 60.6 Å². The zero-order chi connectivity index (χ0) is 57.9. The zero-order valence-electron chi connectivity index (χ0n) is 37.6. The van der Waals surface area contributed by atoms with Gasteiger partial charge in [0.2, 0.25) is 0 Å². The van der Waals surface area contributed by atoms with E-state index < -0.39 is 201 Å². The van der Waals surface area contributed by atoms with Crippen molar-refractivity contribution in [3.05, 3.63) is 195 Å². The second-order valence-corrected chi connectivity index (χ2v) is 17.0. The van der Waals surface area contributed by atoms with Gasteiger partial charge in [0.1, 0.15) is 6.15 Å². The summed E-state index contributed by atoms with van der Waals surface area (Å²) in [5.41, 5.74) is -22.9. The number of aromatic nitrogens is 1. The third kappa shape index (κ3) is 13.1. The maximum absolute atomic E-state index is 14.2. The number of rotatable bonds is 7. The van der Waals surface area contributed by atoms with Crippen molar-refractivity contribution in [2.45, 2.75) is 56.0 Å². The molecule has 0 atom stereocenters. The molecule has 0 bridgehead atoms. The number of halogens is 24. The van der Waals surface area contributed by atoms with Gasteiger partial charge < -0.3 is 5.73 Å². The molecule has 0 unspecified atom stereocenters. The minimum absolute atomic E-state index is 0.405. The number of nitrogens with two attached hydrogens (primary N) is 1. The molecule has 0 aliphatic heterocycles. The lowest BCUT2D eigenvalue weighted by atomic mass is 9.12. The van der Waals surface area contributed by atoms with Crippen molar-refractivity contribution in [2.75, 3.05) is 0 Å². The maximum Gasteiger partial charge on any atom is 0.416 e. The summed E-state index contributed by atoms with van der Waals surface area (Å²) in [5, 5.41) is 1.91. The molecule has 0 radical (unpaired) electrons. The maximum atomic E-state index is 14.2. The number of benzene rings is 6. The summed E-state index contributed by atoms with van der Waals surface area (Å²) in [7, 11) is 0. The molecular weight excluding hydrogens is 1100 g/mol. The van der Waals surface area contributed by atoms with Crippen LogP contribution in [0, 0.1) is 0 Å². The van der Waals surface area contributed by atoms with Crippen LogP contribution in [0.15, 0.2) is 140 Å². The Labute approximate surface area is 416 Å². The third-order valence-electron chi connectivity index (χ3n) is 11.8. The van der Waals surface area contributed by atoms with E-state index in [1.54, 1.807) is 0 Å². The summed E-state index contributed by atoms with van der Waals surface area (Å²) in [4.78, 5) is 11.8. The van der Waals surface area contributed by atoms with Crippen molar-refractivity contribution in [3.8, 4) is 0 Å². The van der Waals surface area contributed by atoms with Crippen LogP contribution in [0.2, 0.25) is 0 Å². The van der Waals surface area contributed by atoms with E-state index in [2.05, 4.69) is 0 Å². The molecule has 0 fully saturated rings. The van der Waals surface area contributed by atoms with E-state index in [-0.39, 0.29) is 0 Å². The monoisotopic (exact) mass is 1130 g/mol. The van der Waals surface area contributed by atoms with Crippen molar-refractivity contribution in [3.63, 3.8) is 0 Å². The first-order valence-corrected chi connectivity index (χ1v) is 21.1. The number of amides is 1. The lowest BCUT2D eigenvalue weighted by Crippen LogP contribution is -2.75. The molecule has 7 rings (SSSR count). The number of pyridine rings is 1. The van der Waals surface area contributed by atoms with Crippen molar-refractivity contribution in [1.82, 2.24) is 0 Å². The number of primary amides is 1. The fraction of sp³-hybridized carbons (Fsp3) is 0.184. The second-order valence-electron chi connectivity index (χ2n) is 17.0. The first kappa shape index (κ1) is 58.8. The van der Waals surface area contributed by atoms with Gasteiger partial charge in [0.05, 0.1) is 49.9 Å². The summed E-state index contributed by atoms with van der Waals surface area (Å²) in [6, 6.07) is 11.0. The van der Waals surface area contributed by atoms with Gasteiger partial charge in [-0.15, -0.1) is 0 Å². The lowest BCUT2D eigenvalue weighted by molar-refractivity contribution is -0.688. The van der Waals surface area contributed by atoms with Crippen LogP contribution in [-0.4, -0.2) is 12.1 Å². The number of hydrogen-bond acceptors (Lipinski definition) is 1. The van der Waals surface area contributed by atoms with Crippen LogP contribution in [0.25, 0.3) is 10.8 Å². The minimum atomic E-state index is -6.13. The molecule has 0 saturated carbocycles. The Morgan fingerprint density at radius 1 is 0.364 bits per heavy atom. The molecule has 1 aromatic heterocycles. The molecule has 77 heavy (non-hydrogen) atoms. The van der Waals surface area contributed by atoms with Gasteiger partial charge in [0.15, 0.2) is 12.7 Å². The zero-order valence-corrected chi connectivity index (χ0v) is 37.6. The molecule has 0 aliphatic rings. The molecule has 6 aromatic carbocycles. The first-order valence-electron chi connectivity index (χ1n) is 21.1. The van der Waals surface area contributed by atoms with Crippen LogP contribution in [-0.2, 0) is 56.0 Å². The molecule has 0 saturated heterocycles. The van der Waals surface area contributed by atoms with E-state index in [4.69, 9.17) is 5.73 Å². The molecule has 28 heteroatoms. The van der Waals surface area contributed by atoms with E-state index in [0.717, 1.165) is 16.3 Å². The van der Waals surface area contributed by atoms with Gasteiger partial charge in [0.25, 0.3) is 5.69 Å². The van der Waals surface area contributed by atoms with Crippen molar-refractivity contribution in [2.24, 2.45) is 5.73 Å². The van der Waals surface area contributed by atoms with E-state index >= 15 is 0 Å². The number of nitrogens with zero attached hydrogens (tertiary/aromatic N) is 1. The number of carbonyl (C=O) groups excluding carboxylic acids is 1. The lowest BCUT2D eigenvalue weighted by Gasteiger charge is -2.46. The standard InChI is InChI=1S/C32H12BF24.C17H14N2O/c34-25(35,36)13-1-14(26(37,38)39)6-21(5-13)33(22-7-15(27(40,41)42)2-16(8-22)28(43,44)45,23-9-17(29(46,47)48)3-18(10-23)30(49,50)51)24-11-19(31(52,53)54)4-20(12-24)32(55,56)57;18-17(20)16-15-9-5-4-8-14(15)10-11-19(16)12-13-6-2-1-3-7-13/h1-12H;1-11H,12H2,(H-,18,20)/q-1;/p+1. The van der Waals surface area contributed by atoms with Gasteiger partial charge in [-0.1, -0.05) is 97.1 Å².